The molecular formula is C16H15N3OS. The fourth-order valence-corrected chi connectivity index (χ4v) is 3.65. The minimum absolute atomic E-state index is 0.0620. The molecule has 0 bridgehead atoms. The number of hydrogen-bond acceptors (Lipinski definition) is 3. The first-order chi connectivity index (χ1) is 10.3. The van der Waals surface area contributed by atoms with E-state index < -0.39 is 0 Å². The summed E-state index contributed by atoms with van der Waals surface area (Å²) in [6.45, 7) is 0.804. The van der Waals surface area contributed by atoms with Gasteiger partial charge in [-0.25, -0.2) is 4.98 Å². The number of imidazole rings is 1. The van der Waals surface area contributed by atoms with Crippen molar-refractivity contribution in [3.63, 3.8) is 0 Å². The highest BCUT2D eigenvalue weighted by atomic mass is 32.1. The van der Waals surface area contributed by atoms with Crippen LogP contribution >= 0.6 is 11.3 Å². The summed E-state index contributed by atoms with van der Waals surface area (Å²) in [6, 6.07) is 11.9. The summed E-state index contributed by atoms with van der Waals surface area (Å²) in [5.74, 6) is 1.02. The van der Waals surface area contributed by atoms with Crippen molar-refractivity contribution in [3.8, 4) is 0 Å². The lowest BCUT2D eigenvalue weighted by atomic mass is 10.2. The molecule has 3 heterocycles. The quantitative estimate of drug-likeness (QED) is 0.785. The van der Waals surface area contributed by atoms with Gasteiger partial charge in [-0.1, -0.05) is 18.2 Å². The van der Waals surface area contributed by atoms with Gasteiger partial charge >= 0.3 is 0 Å². The van der Waals surface area contributed by atoms with Gasteiger partial charge in [-0.05, 0) is 36.4 Å². The zero-order chi connectivity index (χ0) is 14.2. The van der Waals surface area contributed by atoms with E-state index in [9.17, 15) is 4.79 Å². The molecule has 4 nitrogen and oxygen atoms in total. The molecule has 1 aromatic carbocycles. The molecule has 21 heavy (non-hydrogen) atoms. The van der Waals surface area contributed by atoms with Crippen LogP contribution < -0.4 is 0 Å². The summed E-state index contributed by atoms with van der Waals surface area (Å²) in [5.41, 5.74) is 1.99. The van der Waals surface area contributed by atoms with Crippen LogP contribution in [0.25, 0.3) is 11.0 Å². The molecule has 1 N–H and O–H groups in total. The summed E-state index contributed by atoms with van der Waals surface area (Å²) in [4.78, 5) is 23.4. The summed E-state index contributed by atoms with van der Waals surface area (Å²) in [7, 11) is 0. The molecule has 5 heteroatoms. The smallest absolute Gasteiger partial charge is 0.264 e. The van der Waals surface area contributed by atoms with Gasteiger partial charge in [0.05, 0.1) is 22.0 Å². The second-order valence-corrected chi connectivity index (χ2v) is 6.22. The standard InChI is InChI=1S/C16H15N3OS/c20-16(14-8-4-10-21-14)19-9-3-7-13(19)15-17-11-5-1-2-6-12(11)18-15/h1-2,4-6,8,10,13H,3,7,9H2,(H,17,18)/t13-/m1/s1. The van der Waals surface area contributed by atoms with Crippen LogP contribution in [0.1, 0.15) is 34.4 Å². The monoisotopic (exact) mass is 297 g/mol. The van der Waals surface area contributed by atoms with Gasteiger partial charge in [0.15, 0.2) is 0 Å². The number of amides is 1. The van der Waals surface area contributed by atoms with Crippen molar-refractivity contribution >= 4 is 28.3 Å². The molecule has 0 spiro atoms. The number of rotatable bonds is 2. The van der Waals surface area contributed by atoms with E-state index in [4.69, 9.17) is 0 Å². The van der Waals surface area contributed by atoms with Crippen molar-refractivity contribution in [3.05, 3.63) is 52.5 Å². The number of carbonyl (C=O) groups is 1. The van der Waals surface area contributed by atoms with Gasteiger partial charge in [0, 0.05) is 6.54 Å². The maximum Gasteiger partial charge on any atom is 0.264 e. The number of para-hydroxylation sites is 2. The Morgan fingerprint density at radius 2 is 2.19 bits per heavy atom. The molecule has 106 valence electrons. The third kappa shape index (κ3) is 2.14. The number of carbonyl (C=O) groups excluding carboxylic acids is 1. The summed E-state index contributed by atoms with van der Waals surface area (Å²) >= 11 is 1.50. The number of aromatic nitrogens is 2. The normalized spacial score (nSPS) is 18.5. The first-order valence-corrected chi connectivity index (χ1v) is 8.00. The van der Waals surface area contributed by atoms with E-state index in [0.717, 1.165) is 41.1 Å². The molecule has 4 rings (SSSR count). The Labute approximate surface area is 126 Å². The maximum absolute atomic E-state index is 12.6. The van der Waals surface area contributed by atoms with E-state index in [1.165, 1.54) is 11.3 Å². The van der Waals surface area contributed by atoms with Crippen molar-refractivity contribution in [2.45, 2.75) is 18.9 Å². The highest BCUT2D eigenvalue weighted by Gasteiger charge is 2.32. The maximum atomic E-state index is 12.6. The Kier molecular flexibility index (Phi) is 3.00. The molecule has 1 atom stereocenters. The number of aromatic amines is 1. The van der Waals surface area contributed by atoms with Gasteiger partial charge in [0.2, 0.25) is 0 Å². The van der Waals surface area contributed by atoms with Crippen LogP contribution in [0.5, 0.6) is 0 Å². The fraction of sp³-hybridized carbons (Fsp3) is 0.250. The molecule has 1 aliphatic rings. The molecule has 0 aliphatic carbocycles. The molecule has 0 unspecified atom stereocenters. The molecule has 1 saturated heterocycles. The Morgan fingerprint density at radius 1 is 1.29 bits per heavy atom. The molecule has 0 saturated carbocycles. The third-order valence-corrected chi connectivity index (χ3v) is 4.83. The van der Waals surface area contributed by atoms with Crippen molar-refractivity contribution in [2.75, 3.05) is 6.54 Å². The van der Waals surface area contributed by atoms with Crippen LogP contribution in [0.2, 0.25) is 0 Å². The van der Waals surface area contributed by atoms with E-state index in [1.807, 2.05) is 46.7 Å². The number of likely N-dealkylation sites (tertiary alicyclic amines) is 1. The zero-order valence-electron chi connectivity index (χ0n) is 11.5. The first kappa shape index (κ1) is 12.6. The van der Waals surface area contributed by atoms with E-state index in [2.05, 4.69) is 9.97 Å². The lowest BCUT2D eigenvalue weighted by Crippen LogP contribution is -2.30. The number of thiophene rings is 1. The van der Waals surface area contributed by atoms with Gasteiger partial charge < -0.3 is 9.88 Å². The average Bonchev–Trinajstić information content (AvgIpc) is 3.24. The Hall–Kier alpha value is -2.14. The van der Waals surface area contributed by atoms with Crippen LogP contribution in [0.4, 0.5) is 0 Å². The van der Waals surface area contributed by atoms with Crippen LogP contribution in [-0.2, 0) is 0 Å². The van der Waals surface area contributed by atoms with Gasteiger partial charge in [0.25, 0.3) is 5.91 Å². The van der Waals surface area contributed by atoms with Crippen LogP contribution in [-0.4, -0.2) is 27.3 Å². The molecule has 1 aliphatic heterocycles. The topological polar surface area (TPSA) is 49.0 Å². The van der Waals surface area contributed by atoms with Crippen LogP contribution in [0.15, 0.2) is 41.8 Å². The Bertz CT molecular complexity index is 745. The number of nitrogens with one attached hydrogen (secondary N) is 1. The fourth-order valence-electron chi connectivity index (χ4n) is 2.97. The number of fused-ring (bicyclic) bond motifs is 1. The molecular weight excluding hydrogens is 282 g/mol. The van der Waals surface area contributed by atoms with Gasteiger partial charge in [-0.3, -0.25) is 4.79 Å². The highest BCUT2D eigenvalue weighted by Crippen LogP contribution is 2.33. The largest absolute Gasteiger partial charge is 0.340 e. The van der Waals surface area contributed by atoms with Gasteiger partial charge in [0.1, 0.15) is 5.82 Å². The molecule has 1 amide bonds. The van der Waals surface area contributed by atoms with Crippen molar-refractivity contribution < 1.29 is 4.79 Å². The summed E-state index contributed by atoms with van der Waals surface area (Å²) in [6.07, 6.45) is 2.00. The Balaban J connectivity index is 1.68. The highest BCUT2D eigenvalue weighted by molar-refractivity contribution is 7.12. The van der Waals surface area contributed by atoms with Gasteiger partial charge in [-0.2, -0.15) is 0 Å². The number of benzene rings is 1. The first-order valence-electron chi connectivity index (χ1n) is 7.12. The lowest BCUT2D eigenvalue weighted by Gasteiger charge is -2.22. The second-order valence-electron chi connectivity index (χ2n) is 5.27. The molecule has 0 radical (unpaired) electrons. The number of H-pyrrole nitrogens is 1. The average molecular weight is 297 g/mol. The van der Waals surface area contributed by atoms with Crippen LogP contribution in [0, 0.1) is 0 Å². The van der Waals surface area contributed by atoms with E-state index in [1.54, 1.807) is 0 Å². The Morgan fingerprint density at radius 3 is 3.00 bits per heavy atom. The minimum atomic E-state index is 0.0620. The number of hydrogen-bond donors (Lipinski definition) is 1. The number of nitrogens with zero attached hydrogens (tertiary/aromatic N) is 2. The van der Waals surface area contributed by atoms with E-state index in [0.29, 0.717) is 0 Å². The van der Waals surface area contributed by atoms with Crippen LogP contribution in [0.3, 0.4) is 0 Å². The molecule has 2 aromatic heterocycles. The van der Waals surface area contributed by atoms with Crippen molar-refractivity contribution in [2.24, 2.45) is 0 Å². The summed E-state index contributed by atoms with van der Waals surface area (Å²) < 4.78 is 0. The minimum Gasteiger partial charge on any atom is -0.340 e. The SMILES string of the molecule is O=C(c1cccs1)N1CCC[C@@H]1c1nc2ccccc2[nH]1. The molecule has 1 fully saturated rings. The predicted molar refractivity (Wildman–Crippen MR) is 83.4 cm³/mol. The van der Waals surface area contributed by atoms with E-state index in [-0.39, 0.29) is 11.9 Å². The predicted octanol–water partition coefficient (Wildman–Crippen LogP) is 3.60. The van der Waals surface area contributed by atoms with Crippen molar-refractivity contribution in [1.29, 1.82) is 0 Å². The summed E-state index contributed by atoms with van der Waals surface area (Å²) in [5, 5.41) is 1.94. The lowest BCUT2D eigenvalue weighted by molar-refractivity contribution is 0.0735. The third-order valence-electron chi connectivity index (χ3n) is 3.97. The molecule has 3 aromatic rings. The van der Waals surface area contributed by atoms with Crippen molar-refractivity contribution in [1.82, 2.24) is 14.9 Å². The second kappa shape index (κ2) is 5.00. The van der Waals surface area contributed by atoms with E-state index >= 15 is 0 Å². The van der Waals surface area contributed by atoms with Gasteiger partial charge in [-0.15, -0.1) is 11.3 Å². The zero-order valence-corrected chi connectivity index (χ0v) is 12.3.